The van der Waals surface area contributed by atoms with E-state index in [0.29, 0.717) is 19.6 Å². The molecular weight excluding hydrogens is 306 g/mol. The number of nitrogens with zero attached hydrogens (tertiary/aromatic N) is 2. The predicted octanol–water partition coefficient (Wildman–Crippen LogP) is 0.842. The van der Waals surface area contributed by atoms with E-state index in [4.69, 9.17) is 0 Å². The molecule has 2 atom stereocenters. The van der Waals surface area contributed by atoms with Crippen molar-refractivity contribution < 1.29 is 14.7 Å². The van der Waals surface area contributed by atoms with E-state index in [9.17, 15) is 14.7 Å². The predicted molar refractivity (Wildman–Crippen MR) is 93.4 cm³/mol. The molecule has 1 aliphatic carbocycles. The summed E-state index contributed by atoms with van der Waals surface area (Å²) in [5.41, 5.74) is -0.901. The average Bonchev–Trinajstić information content (AvgIpc) is 3.30. The van der Waals surface area contributed by atoms with E-state index >= 15 is 0 Å². The fourth-order valence-electron chi connectivity index (χ4n) is 3.34. The smallest absolute Gasteiger partial charge is 0.248 e. The van der Waals surface area contributed by atoms with E-state index in [1.807, 2.05) is 32.6 Å². The SMILES string of the molecule is CC(=O)N[C@@](C)(C(=O)N1CCN(C[C@@H](O)C(C)(C)C)CC1)C1CC1. The van der Waals surface area contributed by atoms with Gasteiger partial charge in [0.2, 0.25) is 11.8 Å². The van der Waals surface area contributed by atoms with Crippen LogP contribution in [0.25, 0.3) is 0 Å². The molecule has 2 N–H and O–H groups in total. The Morgan fingerprint density at radius 3 is 2.08 bits per heavy atom. The van der Waals surface area contributed by atoms with Crippen molar-refractivity contribution in [3.8, 4) is 0 Å². The van der Waals surface area contributed by atoms with Crippen LogP contribution >= 0.6 is 0 Å². The van der Waals surface area contributed by atoms with Gasteiger partial charge < -0.3 is 15.3 Å². The summed E-state index contributed by atoms with van der Waals surface area (Å²) in [5, 5.41) is 13.1. The first-order chi connectivity index (χ1) is 11.0. The Labute approximate surface area is 145 Å². The Bertz CT molecular complexity index is 476. The van der Waals surface area contributed by atoms with Crippen LogP contribution in [-0.2, 0) is 9.59 Å². The van der Waals surface area contributed by atoms with Gasteiger partial charge in [0, 0.05) is 39.6 Å². The van der Waals surface area contributed by atoms with E-state index in [1.54, 1.807) is 0 Å². The van der Waals surface area contributed by atoms with Gasteiger partial charge in [-0.15, -0.1) is 0 Å². The lowest BCUT2D eigenvalue weighted by atomic mass is 9.88. The molecule has 0 aromatic carbocycles. The van der Waals surface area contributed by atoms with Crippen molar-refractivity contribution in [1.82, 2.24) is 15.1 Å². The Morgan fingerprint density at radius 1 is 1.12 bits per heavy atom. The van der Waals surface area contributed by atoms with Crippen molar-refractivity contribution in [3.05, 3.63) is 0 Å². The van der Waals surface area contributed by atoms with Crippen LogP contribution in [0.5, 0.6) is 0 Å². The van der Waals surface area contributed by atoms with Gasteiger partial charge in [0.15, 0.2) is 0 Å². The number of β-amino-alcohol motifs (C(OH)–C–C–N with tert-alkyl or cyclic N) is 1. The van der Waals surface area contributed by atoms with Gasteiger partial charge in [-0.05, 0) is 31.1 Å². The fraction of sp³-hybridized carbons (Fsp3) is 0.889. The van der Waals surface area contributed by atoms with E-state index < -0.39 is 5.54 Å². The maximum Gasteiger partial charge on any atom is 0.248 e. The summed E-state index contributed by atoms with van der Waals surface area (Å²) >= 11 is 0. The quantitative estimate of drug-likeness (QED) is 0.779. The van der Waals surface area contributed by atoms with Gasteiger partial charge in [-0.1, -0.05) is 20.8 Å². The fourth-order valence-corrected chi connectivity index (χ4v) is 3.34. The number of aliphatic hydroxyl groups excluding tert-OH is 1. The Morgan fingerprint density at radius 2 is 1.67 bits per heavy atom. The first-order valence-corrected chi connectivity index (χ1v) is 9.02. The normalized spacial score (nSPS) is 23.5. The first-order valence-electron chi connectivity index (χ1n) is 9.02. The van der Waals surface area contributed by atoms with Gasteiger partial charge in [-0.3, -0.25) is 14.5 Å². The van der Waals surface area contributed by atoms with E-state index in [0.717, 1.165) is 25.9 Å². The zero-order valence-electron chi connectivity index (χ0n) is 15.8. The number of rotatable bonds is 5. The lowest BCUT2D eigenvalue weighted by Gasteiger charge is -2.41. The molecule has 6 nitrogen and oxygen atoms in total. The maximum absolute atomic E-state index is 13.0. The van der Waals surface area contributed by atoms with Gasteiger partial charge in [0.1, 0.15) is 5.54 Å². The van der Waals surface area contributed by atoms with E-state index in [-0.39, 0.29) is 29.3 Å². The maximum atomic E-state index is 13.0. The molecule has 2 rings (SSSR count). The molecule has 2 amide bonds. The highest BCUT2D eigenvalue weighted by atomic mass is 16.3. The molecule has 24 heavy (non-hydrogen) atoms. The zero-order chi connectivity index (χ0) is 18.1. The van der Waals surface area contributed by atoms with Crippen LogP contribution in [0.4, 0.5) is 0 Å². The van der Waals surface area contributed by atoms with E-state index in [1.165, 1.54) is 6.92 Å². The number of carbonyl (C=O) groups is 2. The molecule has 1 heterocycles. The lowest BCUT2D eigenvalue weighted by Crippen LogP contribution is -2.62. The zero-order valence-corrected chi connectivity index (χ0v) is 15.8. The van der Waals surface area contributed by atoms with Gasteiger partial charge in [-0.2, -0.15) is 0 Å². The summed E-state index contributed by atoms with van der Waals surface area (Å²) in [6.45, 7) is 12.9. The molecule has 6 heteroatoms. The third-order valence-corrected chi connectivity index (χ3v) is 5.36. The molecule has 2 aliphatic rings. The Kier molecular flexibility index (Phi) is 5.60. The minimum atomic E-state index is -0.765. The molecule has 0 aromatic rings. The summed E-state index contributed by atoms with van der Waals surface area (Å²) < 4.78 is 0. The molecule has 0 bridgehead atoms. The average molecular weight is 339 g/mol. The monoisotopic (exact) mass is 339 g/mol. The molecule has 2 fully saturated rings. The standard InChI is InChI=1S/C18H33N3O3/c1-13(22)19-18(5,14-6-7-14)16(24)21-10-8-20(9-11-21)12-15(23)17(2,3)4/h14-15,23H,6-12H2,1-5H3,(H,19,22)/t15-,18-/m1/s1. The summed E-state index contributed by atoms with van der Waals surface area (Å²) in [5.74, 6) is 0.149. The summed E-state index contributed by atoms with van der Waals surface area (Å²) in [6, 6.07) is 0. The Hall–Kier alpha value is -1.14. The van der Waals surface area contributed by atoms with Crippen molar-refractivity contribution in [2.45, 2.75) is 59.1 Å². The minimum absolute atomic E-state index is 0.0382. The number of hydrogen-bond acceptors (Lipinski definition) is 4. The van der Waals surface area contributed by atoms with Crippen molar-refractivity contribution in [2.75, 3.05) is 32.7 Å². The second-order valence-electron chi connectivity index (χ2n) is 8.63. The molecule has 0 spiro atoms. The highest BCUT2D eigenvalue weighted by Gasteiger charge is 2.49. The van der Waals surface area contributed by atoms with Crippen molar-refractivity contribution in [2.24, 2.45) is 11.3 Å². The molecule has 1 saturated heterocycles. The van der Waals surface area contributed by atoms with Crippen LogP contribution in [0.2, 0.25) is 0 Å². The topological polar surface area (TPSA) is 72.9 Å². The van der Waals surface area contributed by atoms with Crippen LogP contribution in [0.1, 0.15) is 47.5 Å². The van der Waals surface area contributed by atoms with Gasteiger partial charge in [0.25, 0.3) is 0 Å². The molecule has 1 saturated carbocycles. The second-order valence-corrected chi connectivity index (χ2v) is 8.63. The minimum Gasteiger partial charge on any atom is -0.391 e. The second kappa shape index (κ2) is 7.00. The van der Waals surface area contributed by atoms with Gasteiger partial charge >= 0.3 is 0 Å². The number of nitrogens with one attached hydrogen (secondary N) is 1. The Balaban J connectivity index is 1.91. The molecule has 0 aromatic heterocycles. The number of amides is 2. The number of aliphatic hydroxyl groups is 1. The van der Waals surface area contributed by atoms with Crippen LogP contribution in [0.3, 0.4) is 0 Å². The van der Waals surface area contributed by atoms with Crippen molar-refractivity contribution in [1.29, 1.82) is 0 Å². The highest BCUT2D eigenvalue weighted by Crippen LogP contribution is 2.40. The summed E-state index contributed by atoms with van der Waals surface area (Å²) in [4.78, 5) is 28.6. The first kappa shape index (κ1) is 19.2. The van der Waals surface area contributed by atoms with Crippen molar-refractivity contribution >= 4 is 11.8 Å². The molecule has 1 aliphatic heterocycles. The molecule has 0 radical (unpaired) electrons. The van der Waals surface area contributed by atoms with Crippen molar-refractivity contribution in [3.63, 3.8) is 0 Å². The van der Waals surface area contributed by atoms with Crippen LogP contribution in [0.15, 0.2) is 0 Å². The summed E-state index contributed by atoms with van der Waals surface area (Å²) in [6.07, 6.45) is 1.62. The largest absolute Gasteiger partial charge is 0.391 e. The van der Waals surface area contributed by atoms with Crippen LogP contribution in [-0.4, -0.2) is 71.1 Å². The summed E-state index contributed by atoms with van der Waals surface area (Å²) in [7, 11) is 0. The molecular formula is C18H33N3O3. The van der Waals surface area contributed by atoms with Crippen LogP contribution < -0.4 is 5.32 Å². The molecule has 0 unspecified atom stereocenters. The number of carbonyl (C=O) groups excluding carboxylic acids is 2. The highest BCUT2D eigenvalue weighted by molar-refractivity contribution is 5.91. The van der Waals surface area contributed by atoms with Gasteiger partial charge in [-0.25, -0.2) is 0 Å². The number of hydrogen-bond donors (Lipinski definition) is 2. The molecule has 138 valence electrons. The lowest BCUT2D eigenvalue weighted by molar-refractivity contribution is -0.143. The third-order valence-electron chi connectivity index (χ3n) is 5.36. The third kappa shape index (κ3) is 4.48. The van der Waals surface area contributed by atoms with Crippen LogP contribution in [0, 0.1) is 11.3 Å². The van der Waals surface area contributed by atoms with E-state index in [2.05, 4.69) is 10.2 Å². The number of piperazine rings is 1. The van der Waals surface area contributed by atoms with Gasteiger partial charge in [0.05, 0.1) is 6.10 Å².